The van der Waals surface area contributed by atoms with E-state index in [-0.39, 0.29) is 11.8 Å². The second-order valence-corrected chi connectivity index (χ2v) is 4.90. The first-order valence-corrected chi connectivity index (χ1v) is 7.55. The first-order chi connectivity index (χ1) is 9.70. The normalized spacial score (nSPS) is 10.1. The van der Waals surface area contributed by atoms with Crippen molar-refractivity contribution in [2.24, 2.45) is 0 Å². The molecule has 1 aromatic carbocycles. The molecule has 1 aromatic rings. The van der Waals surface area contributed by atoms with Gasteiger partial charge in [0.25, 0.3) is 11.8 Å². The SMILES string of the molecule is O=C(NCCCCl)c1ccccc1C(=O)NCCCCl. The molecule has 0 atom stereocenters. The Morgan fingerprint density at radius 3 is 1.60 bits per heavy atom. The van der Waals surface area contributed by atoms with E-state index >= 15 is 0 Å². The van der Waals surface area contributed by atoms with Crippen LogP contribution in [-0.4, -0.2) is 36.7 Å². The molecule has 0 spiro atoms. The van der Waals surface area contributed by atoms with Gasteiger partial charge in [0, 0.05) is 24.8 Å². The minimum atomic E-state index is -0.266. The molecule has 0 heterocycles. The summed E-state index contributed by atoms with van der Waals surface area (Å²) in [5.74, 6) is 0.443. The van der Waals surface area contributed by atoms with Crippen molar-refractivity contribution in [2.45, 2.75) is 12.8 Å². The lowest BCUT2D eigenvalue weighted by atomic mass is 10.1. The molecule has 0 unspecified atom stereocenters. The predicted octanol–water partition coefficient (Wildman–Crippen LogP) is 2.40. The second-order valence-electron chi connectivity index (χ2n) is 4.14. The highest BCUT2D eigenvalue weighted by Gasteiger charge is 2.15. The van der Waals surface area contributed by atoms with Crippen molar-refractivity contribution in [2.75, 3.05) is 24.8 Å². The van der Waals surface area contributed by atoms with Gasteiger partial charge >= 0.3 is 0 Å². The largest absolute Gasteiger partial charge is 0.352 e. The molecule has 110 valence electrons. The average Bonchev–Trinajstić information content (AvgIpc) is 2.47. The second kappa shape index (κ2) is 9.61. The number of nitrogens with one attached hydrogen (secondary N) is 2. The maximum absolute atomic E-state index is 12.0. The predicted molar refractivity (Wildman–Crippen MR) is 81.8 cm³/mol. The van der Waals surface area contributed by atoms with Crippen molar-refractivity contribution in [3.05, 3.63) is 35.4 Å². The lowest BCUT2D eigenvalue weighted by Crippen LogP contribution is -2.30. The van der Waals surface area contributed by atoms with Gasteiger partial charge in [0.1, 0.15) is 0 Å². The zero-order valence-electron chi connectivity index (χ0n) is 11.1. The maximum Gasteiger partial charge on any atom is 0.252 e. The standard InChI is InChI=1S/C14H18Cl2N2O2/c15-7-3-9-17-13(19)11-5-1-2-6-12(11)14(20)18-10-4-8-16/h1-2,5-6H,3-4,7-10H2,(H,17,19)(H,18,20). The number of benzene rings is 1. The molecular formula is C14H18Cl2N2O2. The molecule has 0 saturated heterocycles. The highest BCUT2D eigenvalue weighted by atomic mass is 35.5. The van der Waals surface area contributed by atoms with Gasteiger partial charge in [0.2, 0.25) is 0 Å². The molecule has 1 rings (SSSR count). The summed E-state index contributed by atoms with van der Waals surface area (Å²) in [5.41, 5.74) is 0.732. The average molecular weight is 317 g/mol. The van der Waals surface area contributed by atoms with E-state index in [0.717, 1.165) is 0 Å². The van der Waals surface area contributed by atoms with Gasteiger partial charge in [0.05, 0.1) is 11.1 Å². The monoisotopic (exact) mass is 316 g/mol. The zero-order valence-corrected chi connectivity index (χ0v) is 12.6. The number of carbonyl (C=O) groups is 2. The van der Waals surface area contributed by atoms with Gasteiger partial charge in [-0.25, -0.2) is 0 Å². The third-order valence-electron chi connectivity index (χ3n) is 2.61. The van der Waals surface area contributed by atoms with Crippen LogP contribution in [-0.2, 0) is 0 Å². The van der Waals surface area contributed by atoms with Crippen LogP contribution < -0.4 is 10.6 Å². The fourth-order valence-electron chi connectivity index (χ4n) is 1.61. The van der Waals surface area contributed by atoms with Crippen molar-refractivity contribution in [1.29, 1.82) is 0 Å². The van der Waals surface area contributed by atoms with Crippen LogP contribution >= 0.6 is 23.2 Å². The van der Waals surface area contributed by atoms with Crippen molar-refractivity contribution in [3.8, 4) is 0 Å². The maximum atomic E-state index is 12.0. The Morgan fingerprint density at radius 1 is 0.850 bits per heavy atom. The summed E-state index contributed by atoms with van der Waals surface area (Å²) in [5, 5.41) is 5.48. The molecule has 20 heavy (non-hydrogen) atoms. The van der Waals surface area contributed by atoms with E-state index in [0.29, 0.717) is 48.8 Å². The molecule has 0 aliphatic rings. The summed E-state index contributed by atoms with van der Waals surface area (Å²) in [7, 11) is 0. The Kier molecular flexibility index (Phi) is 8.07. The summed E-state index contributed by atoms with van der Waals surface area (Å²) in [4.78, 5) is 24.0. The van der Waals surface area contributed by atoms with Crippen molar-refractivity contribution in [3.63, 3.8) is 0 Å². The van der Waals surface area contributed by atoms with Gasteiger partial charge in [0.15, 0.2) is 0 Å². The van der Waals surface area contributed by atoms with E-state index in [2.05, 4.69) is 10.6 Å². The van der Waals surface area contributed by atoms with Crippen LogP contribution in [0.25, 0.3) is 0 Å². The molecule has 2 N–H and O–H groups in total. The van der Waals surface area contributed by atoms with Crippen LogP contribution in [0.15, 0.2) is 24.3 Å². The van der Waals surface area contributed by atoms with Crippen LogP contribution in [0.1, 0.15) is 33.6 Å². The van der Waals surface area contributed by atoms with E-state index in [1.54, 1.807) is 24.3 Å². The first kappa shape index (κ1) is 16.8. The number of rotatable bonds is 8. The van der Waals surface area contributed by atoms with E-state index in [9.17, 15) is 9.59 Å². The Morgan fingerprint density at radius 2 is 1.25 bits per heavy atom. The molecule has 0 radical (unpaired) electrons. The van der Waals surface area contributed by atoms with Gasteiger partial charge < -0.3 is 10.6 Å². The van der Waals surface area contributed by atoms with E-state index in [4.69, 9.17) is 23.2 Å². The quantitative estimate of drug-likeness (QED) is 0.571. The number of amides is 2. The van der Waals surface area contributed by atoms with Gasteiger partial charge in [-0.2, -0.15) is 0 Å². The zero-order chi connectivity index (χ0) is 14.8. The Hall–Kier alpha value is -1.26. The van der Waals surface area contributed by atoms with E-state index < -0.39 is 0 Å². The van der Waals surface area contributed by atoms with Crippen LogP contribution in [0.4, 0.5) is 0 Å². The van der Waals surface area contributed by atoms with Gasteiger partial charge in [-0.05, 0) is 25.0 Å². The molecule has 0 fully saturated rings. The third-order valence-corrected chi connectivity index (χ3v) is 3.14. The van der Waals surface area contributed by atoms with Crippen molar-refractivity contribution < 1.29 is 9.59 Å². The van der Waals surface area contributed by atoms with Gasteiger partial charge in [-0.15, -0.1) is 23.2 Å². The summed E-state index contributed by atoms with van der Waals surface area (Å²) in [6, 6.07) is 6.72. The lowest BCUT2D eigenvalue weighted by molar-refractivity contribution is 0.0919. The van der Waals surface area contributed by atoms with Crippen LogP contribution in [0.3, 0.4) is 0 Å². The Balaban J connectivity index is 2.71. The summed E-state index contributed by atoms with van der Waals surface area (Å²) in [6.45, 7) is 0.981. The molecule has 2 amide bonds. The number of hydrogen-bond acceptors (Lipinski definition) is 2. The van der Waals surface area contributed by atoms with E-state index in [1.807, 2.05) is 0 Å². The van der Waals surface area contributed by atoms with Gasteiger partial charge in [-0.3, -0.25) is 9.59 Å². The minimum Gasteiger partial charge on any atom is -0.352 e. The smallest absolute Gasteiger partial charge is 0.252 e. The van der Waals surface area contributed by atoms with Crippen LogP contribution in [0, 0.1) is 0 Å². The van der Waals surface area contributed by atoms with Crippen LogP contribution in [0.5, 0.6) is 0 Å². The molecule has 0 bridgehead atoms. The van der Waals surface area contributed by atoms with Crippen LogP contribution in [0.2, 0.25) is 0 Å². The highest BCUT2D eigenvalue weighted by molar-refractivity contribution is 6.18. The summed E-state index contributed by atoms with van der Waals surface area (Å²) in [6.07, 6.45) is 1.38. The highest BCUT2D eigenvalue weighted by Crippen LogP contribution is 2.08. The minimum absolute atomic E-state index is 0.266. The number of halogens is 2. The topological polar surface area (TPSA) is 58.2 Å². The summed E-state index contributed by atoms with van der Waals surface area (Å²) < 4.78 is 0. The summed E-state index contributed by atoms with van der Waals surface area (Å²) >= 11 is 11.1. The molecule has 0 aliphatic carbocycles. The molecule has 0 aliphatic heterocycles. The van der Waals surface area contributed by atoms with Crippen molar-refractivity contribution >= 4 is 35.0 Å². The number of alkyl halides is 2. The number of hydrogen-bond donors (Lipinski definition) is 2. The fourth-order valence-corrected chi connectivity index (χ4v) is 1.87. The Bertz CT molecular complexity index is 412. The fraction of sp³-hybridized carbons (Fsp3) is 0.429. The third kappa shape index (κ3) is 5.39. The number of carbonyl (C=O) groups excluding carboxylic acids is 2. The van der Waals surface area contributed by atoms with Crippen molar-refractivity contribution in [1.82, 2.24) is 10.6 Å². The Labute approximate surface area is 128 Å². The van der Waals surface area contributed by atoms with E-state index in [1.165, 1.54) is 0 Å². The lowest BCUT2D eigenvalue weighted by Gasteiger charge is -2.10. The van der Waals surface area contributed by atoms with Gasteiger partial charge in [-0.1, -0.05) is 12.1 Å². The molecule has 0 saturated carbocycles. The molecule has 6 heteroatoms. The first-order valence-electron chi connectivity index (χ1n) is 6.48. The molecule has 0 aromatic heterocycles. The molecule has 4 nitrogen and oxygen atoms in total. The molecular weight excluding hydrogens is 299 g/mol.